The highest BCUT2D eigenvalue weighted by molar-refractivity contribution is 7.13. The van der Waals surface area contributed by atoms with Gasteiger partial charge in [0.25, 0.3) is 0 Å². The van der Waals surface area contributed by atoms with Gasteiger partial charge < -0.3 is 5.32 Å². The molecule has 0 amide bonds. The van der Waals surface area contributed by atoms with Gasteiger partial charge >= 0.3 is 0 Å². The number of rotatable bonds is 3. The molecule has 0 saturated heterocycles. The molecule has 2 heterocycles. The summed E-state index contributed by atoms with van der Waals surface area (Å²) < 4.78 is 0. The van der Waals surface area contributed by atoms with Crippen LogP contribution in [0, 0.1) is 5.92 Å². The van der Waals surface area contributed by atoms with E-state index in [1.807, 2.05) is 6.20 Å². The van der Waals surface area contributed by atoms with Crippen molar-refractivity contribution in [1.29, 1.82) is 0 Å². The molecular formula is C17H23N3S. The summed E-state index contributed by atoms with van der Waals surface area (Å²) in [5, 5.41) is 5.69. The summed E-state index contributed by atoms with van der Waals surface area (Å²) in [6.07, 6.45) is 5.44. The fraction of sp³-hybridized carbons (Fsp3) is 0.529. The van der Waals surface area contributed by atoms with Gasteiger partial charge in [-0.15, -0.1) is 11.3 Å². The zero-order valence-corrected chi connectivity index (χ0v) is 13.8. The molecule has 0 bridgehead atoms. The Bertz CT molecular complexity index is 599. The van der Waals surface area contributed by atoms with E-state index in [1.54, 1.807) is 11.3 Å². The van der Waals surface area contributed by atoms with Crippen LogP contribution in [0.5, 0.6) is 0 Å². The number of nitrogens with one attached hydrogen (secondary N) is 1. The van der Waals surface area contributed by atoms with Crippen LogP contribution < -0.4 is 5.32 Å². The summed E-state index contributed by atoms with van der Waals surface area (Å²) in [6, 6.07) is 4.14. The van der Waals surface area contributed by atoms with E-state index in [-0.39, 0.29) is 5.54 Å². The first-order valence-corrected chi connectivity index (χ1v) is 8.53. The first kappa shape index (κ1) is 14.7. The average molecular weight is 301 g/mol. The number of aryl methyl sites for hydroxylation is 1. The van der Waals surface area contributed by atoms with Crippen molar-refractivity contribution >= 4 is 11.3 Å². The van der Waals surface area contributed by atoms with Crippen LogP contribution in [0.2, 0.25) is 0 Å². The van der Waals surface area contributed by atoms with Gasteiger partial charge in [-0.05, 0) is 69.5 Å². The summed E-state index contributed by atoms with van der Waals surface area (Å²) >= 11 is 1.70. The van der Waals surface area contributed by atoms with Crippen molar-refractivity contribution in [2.75, 3.05) is 6.54 Å². The minimum Gasteiger partial charge on any atom is -0.312 e. The highest BCUT2D eigenvalue weighted by atomic mass is 32.1. The molecule has 1 atom stereocenters. The Kier molecular flexibility index (Phi) is 4.09. The van der Waals surface area contributed by atoms with E-state index in [2.05, 4.69) is 48.6 Å². The summed E-state index contributed by atoms with van der Waals surface area (Å²) in [4.78, 5) is 10.5. The fourth-order valence-electron chi connectivity index (χ4n) is 2.73. The second-order valence-corrected chi connectivity index (χ2v) is 7.83. The molecule has 1 aliphatic carbocycles. The maximum absolute atomic E-state index is 4.78. The fourth-order valence-corrected chi connectivity index (χ4v) is 3.40. The van der Waals surface area contributed by atoms with Crippen LogP contribution in [0.4, 0.5) is 0 Å². The lowest BCUT2D eigenvalue weighted by Crippen LogP contribution is -2.40. The van der Waals surface area contributed by atoms with E-state index >= 15 is 0 Å². The molecule has 0 spiro atoms. The quantitative estimate of drug-likeness (QED) is 0.939. The van der Waals surface area contributed by atoms with Crippen molar-refractivity contribution in [3.63, 3.8) is 0 Å². The Morgan fingerprint density at radius 2 is 2.24 bits per heavy atom. The molecule has 0 saturated carbocycles. The predicted molar refractivity (Wildman–Crippen MR) is 88.6 cm³/mol. The van der Waals surface area contributed by atoms with Crippen molar-refractivity contribution < 1.29 is 0 Å². The van der Waals surface area contributed by atoms with Gasteiger partial charge in [-0.2, -0.15) is 0 Å². The number of hydrogen-bond acceptors (Lipinski definition) is 4. The van der Waals surface area contributed by atoms with Crippen molar-refractivity contribution in [3.05, 3.63) is 35.0 Å². The maximum Gasteiger partial charge on any atom is 0.169 e. The van der Waals surface area contributed by atoms with Crippen LogP contribution >= 0.6 is 11.3 Å². The van der Waals surface area contributed by atoms with Crippen molar-refractivity contribution in [2.45, 2.75) is 45.6 Å². The standard InChI is InChI=1S/C17H23N3S/c1-17(2,3)19-10-12-6-7-14-13(9-12)11-18-16(20-14)15-5-4-8-21-15/h4-5,8,11-12,19H,6-7,9-10H2,1-3H3. The van der Waals surface area contributed by atoms with Crippen LogP contribution in [0.25, 0.3) is 10.7 Å². The third kappa shape index (κ3) is 3.69. The van der Waals surface area contributed by atoms with E-state index in [0.29, 0.717) is 5.92 Å². The average Bonchev–Trinajstić information content (AvgIpc) is 2.98. The lowest BCUT2D eigenvalue weighted by molar-refractivity contribution is 0.347. The zero-order valence-electron chi connectivity index (χ0n) is 13.0. The summed E-state index contributed by atoms with van der Waals surface area (Å²) in [5.41, 5.74) is 2.78. The molecule has 1 aliphatic rings. The van der Waals surface area contributed by atoms with E-state index in [1.165, 1.54) is 17.7 Å². The smallest absolute Gasteiger partial charge is 0.169 e. The Labute approximate surface area is 130 Å². The van der Waals surface area contributed by atoms with Gasteiger partial charge in [0.15, 0.2) is 5.82 Å². The highest BCUT2D eigenvalue weighted by Gasteiger charge is 2.22. The van der Waals surface area contributed by atoms with Gasteiger partial charge in [0.1, 0.15) is 0 Å². The van der Waals surface area contributed by atoms with Gasteiger partial charge in [0.05, 0.1) is 4.88 Å². The Hall–Kier alpha value is -1.26. The highest BCUT2D eigenvalue weighted by Crippen LogP contribution is 2.27. The number of aromatic nitrogens is 2. The molecular weight excluding hydrogens is 278 g/mol. The number of fused-ring (bicyclic) bond motifs is 1. The van der Waals surface area contributed by atoms with E-state index < -0.39 is 0 Å². The number of hydrogen-bond donors (Lipinski definition) is 1. The molecule has 1 N–H and O–H groups in total. The largest absolute Gasteiger partial charge is 0.312 e. The Morgan fingerprint density at radius 1 is 1.38 bits per heavy atom. The summed E-state index contributed by atoms with van der Waals surface area (Å²) in [7, 11) is 0. The van der Waals surface area contributed by atoms with E-state index in [0.717, 1.165) is 30.1 Å². The molecule has 0 aliphatic heterocycles. The predicted octanol–water partition coefficient (Wildman–Crippen LogP) is 3.70. The molecule has 2 aromatic rings. The molecule has 3 nitrogen and oxygen atoms in total. The van der Waals surface area contributed by atoms with Crippen molar-refractivity contribution in [1.82, 2.24) is 15.3 Å². The minimum atomic E-state index is 0.194. The number of thiophene rings is 1. The van der Waals surface area contributed by atoms with Crippen LogP contribution in [0.15, 0.2) is 23.7 Å². The molecule has 4 heteroatoms. The van der Waals surface area contributed by atoms with Gasteiger partial charge in [-0.1, -0.05) is 6.07 Å². The molecule has 0 radical (unpaired) electrons. The second kappa shape index (κ2) is 5.85. The molecule has 21 heavy (non-hydrogen) atoms. The first-order valence-electron chi connectivity index (χ1n) is 7.65. The lowest BCUT2D eigenvalue weighted by atomic mass is 9.86. The van der Waals surface area contributed by atoms with E-state index in [9.17, 15) is 0 Å². The first-order chi connectivity index (χ1) is 10.0. The molecule has 112 valence electrons. The lowest BCUT2D eigenvalue weighted by Gasteiger charge is -2.28. The SMILES string of the molecule is CC(C)(C)NCC1CCc2nc(-c3cccs3)ncc2C1. The third-order valence-electron chi connectivity index (χ3n) is 3.91. The normalized spacial score (nSPS) is 18.5. The van der Waals surface area contributed by atoms with E-state index in [4.69, 9.17) is 4.98 Å². The van der Waals surface area contributed by atoms with Crippen LogP contribution in [0.3, 0.4) is 0 Å². The number of nitrogens with zero attached hydrogens (tertiary/aromatic N) is 2. The third-order valence-corrected chi connectivity index (χ3v) is 4.78. The molecule has 2 aromatic heterocycles. The van der Waals surface area contributed by atoms with Crippen LogP contribution in [-0.2, 0) is 12.8 Å². The van der Waals surface area contributed by atoms with Crippen molar-refractivity contribution in [2.24, 2.45) is 5.92 Å². The van der Waals surface area contributed by atoms with Crippen LogP contribution in [-0.4, -0.2) is 22.1 Å². The maximum atomic E-state index is 4.78. The Balaban J connectivity index is 1.70. The van der Waals surface area contributed by atoms with Gasteiger partial charge in [0.2, 0.25) is 0 Å². The molecule has 0 aromatic carbocycles. The minimum absolute atomic E-state index is 0.194. The van der Waals surface area contributed by atoms with Gasteiger partial charge in [0, 0.05) is 17.4 Å². The molecule has 3 rings (SSSR count). The molecule has 1 unspecified atom stereocenters. The monoisotopic (exact) mass is 301 g/mol. The Morgan fingerprint density at radius 3 is 2.95 bits per heavy atom. The van der Waals surface area contributed by atoms with Crippen LogP contribution in [0.1, 0.15) is 38.4 Å². The summed E-state index contributed by atoms with van der Waals surface area (Å²) in [5.74, 6) is 1.59. The topological polar surface area (TPSA) is 37.8 Å². The van der Waals surface area contributed by atoms with Crippen molar-refractivity contribution in [3.8, 4) is 10.7 Å². The zero-order chi connectivity index (χ0) is 14.9. The molecule has 0 fully saturated rings. The van der Waals surface area contributed by atoms with Gasteiger partial charge in [-0.3, -0.25) is 0 Å². The summed E-state index contributed by atoms with van der Waals surface area (Å²) in [6.45, 7) is 7.75. The van der Waals surface area contributed by atoms with Gasteiger partial charge in [-0.25, -0.2) is 9.97 Å². The second-order valence-electron chi connectivity index (χ2n) is 6.88.